The highest BCUT2D eigenvalue weighted by Crippen LogP contribution is 2.69. The van der Waals surface area contributed by atoms with Crippen LogP contribution in [-0.2, 0) is 15.0 Å². The van der Waals surface area contributed by atoms with Gasteiger partial charge in [-0.25, -0.2) is 0 Å². The molecule has 3 nitrogen and oxygen atoms in total. The van der Waals surface area contributed by atoms with Crippen molar-refractivity contribution in [2.75, 3.05) is 0 Å². The van der Waals surface area contributed by atoms with E-state index in [-0.39, 0.29) is 16.7 Å². The van der Waals surface area contributed by atoms with Crippen LogP contribution in [0.5, 0.6) is 0 Å². The van der Waals surface area contributed by atoms with Crippen LogP contribution in [0.2, 0.25) is 0 Å². The van der Waals surface area contributed by atoms with E-state index in [1.807, 2.05) is 24.3 Å². The number of ketones is 1. The molecule has 0 heterocycles. The van der Waals surface area contributed by atoms with Gasteiger partial charge in [0.2, 0.25) is 5.91 Å². The molecule has 4 aliphatic carbocycles. The number of carbonyl (C=O) groups excluding carboxylic acids is 2. The van der Waals surface area contributed by atoms with Crippen LogP contribution in [0, 0.1) is 28.6 Å². The molecule has 0 spiro atoms. The zero-order chi connectivity index (χ0) is 20.4. The normalized spacial score (nSPS) is 43.7. The molecule has 6 atom stereocenters. The van der Waals surface area contributed by atoms with Crippen LogP contribution in [0.4, 0.5) is 0 Å². The van der Waals surface area contributed by atoms with Crippen molar-refractivity contribution in [2.24, 2.45) is 34.3 Å². The molecule has 0 saturated heterocycles. The van der Waals surface area contributed by atoms with Gasteiger partial charge in [-0.3, -0.25) is 9.59 Å². The van der Waals surface area contributed by atoms with Crippen molar-refractivity contribution in [1.82, 2.24) is 0 Å². The van der Waals surface area contributed by atoms with Crippen molar-refractivity contribution < 1.29 is 9.59 Å². The summed E-state index contributed by atoms with van der Waals surface area (Å²) in [5.41, 5.74) is 8.47. The Morgan fingerprint density at radius 3 is 2.48 bits per heavy atom. The summed E-state index contributed by atoms with van der Waals surface area (Å²) in [6.07, 6.45) is 10.0. The molecule has 1 amide bonds. The quantitative estimate of drug-likeness (QED) is 0.776. The summed E-state index contributed by atoms with van der Waals surface area (Å²) in [4.78, 5) is 25.3. The van der Waals surface area contributed by atoms with Gasteiger partial charge in [-0.1, -0.05) is 49.8 Å². The fourth-order valence-corrected chi connectivity index (χ4v) is 8.20. The molecule has 5 rings (SSSR count). The average molecular weight is 392 g/mol. The number of carbonyl (C=O) groups is 2. The fourth-order valence-electron chi connectivity index (χ4n) is 8.20. The van der Waals surface area contributed by atoms with Crippen LogP contribution >= 0.6 is 0 Å². The molecule has 3 saturated carbocycles. The lowest BCUT2D eigenvalue weighted by atomic mass is 9.44. The van der Waals surface area contributed by atoms with Crippen molar-refractivity contribution in [3.05, 3.63) is 47.5 Å². The first-order valence-electron chi connectivity index (χ1n) is 11.4. The number of nitrogens with two attached hydrogens (primary N) is 1. The second-order valence-corrected chi connectivity index (χ2v) is 10.7. The third kappa shape index (κ3) is 2.49. The summed E-state index contributed by atoms with van der Waals surface area (Å²) in [7, 11) is 0. The summed E-state index contributed by atoms with van der Waals surface area (Å²) < 4.78 is 0. The molecular formula is C26H33NO2. The molecule has 0 aromatic heterocycles. The fraction of sp³-hybridized carbons (Fsp3) is 0.615. The minimum Gasteiger partial charge on any atom is -0.369 e. The predicted molar refractivity (Wildman–Crippen MR) is 114 cm³/mol. The zero-order valence-corrected chi connectivity index (χ0v) is 17.7. The van der Waals surface area contributed by atoms with Gasteiger partial charge in [0.15, 0.2) is 5.78 Å². The van der Waals surface area contributed by atoms with Gasteiger partial charge in [0.05, 0.1) is 5.41 Å². The van der Waals surface area contributed by atoms with Gasteiger partial charge in [-0.2, -0.15) is 0 Å². The number of fused-ring (bicyclic) bond motifs is 5. The molecule has 3 heteroatoms. The molecule has 3 fully saturated rings. The van der Waals surface area contributed by atoms with Crippen molar-refractivity contribution >= 4 is 11.7 Å². The topological polar surface area (TPSA) is 60.2 Å². The van der Waals surface area contributed by atoms with Crippen LogP contribution in [0.1, 0.15) is 70.8 Å². The second-order valence-electron chi connectivity index (χ2n) is 10.7. The van der Waals surface area contributed by atoms with E-state index in [0.717, 1.165) is 44.1 Å². The van der Waals surface area contributed by atoms with Crippen LogP contribution in [0.25, 0.3) is 0 Å². The maximum atomic E-state index is 13.2. The first-order valence-corrected chi connectivity index (χ1v) is 11.4. The SMILES string of the molecule is C[C@]12CC[C@H]3[C@@H](CCC4=CC(=O)CC[C@@]43C)[C@@H]1C(C(N)=O)(c1ccccc1)CC2. The summed E-state index contributed by atoms with van der Waals surface area (Å²) in [5.74, 6) is 1.51. The highest BCUT2D eigenvalue weighted by Gasteiger charge is 2.66. The van der Waals surface area contributed by atoms with Crippen LogP contribution in [-0.4, -0.2) is 11.7 Å². The van der Waals surface area contributed by atoms with Gasteiger partial charge in [0.25, 0.3) is 0 Å². The molecule has 154 valence electrons. The van der Waals surface area contributed by atoms with Gasteiger partial charge in [-0.15, -0.1) is 0 Å². The van der Waals surface area contributed by atoms with E-state index in [9.17, 15) is 9.59 Å². The summed E-state index contributed by atoms with van der Waals surface area (Å²) >= 11 is 0. The zero-order valence-electron chi connectivity index (χ0n) is 17.7. The van der Waals surface area contributed by atoms with Gasteiger partial charge in [-0.05, 0) is 85.2 Å². The molecule has 4 aliphatic rings. The highest BCUT2D eigenvalue weighted by molar-refractivity contribution is 5.91. The molecule has 2 N–H and O–H groups in total. The molecule has 0 aliphatic heterocycles. The lowest BCUT2D eigenvalue weighted by Gasteiger charge is -2.59. The largest absolute Gasteiger partial charge is 0.369 e. The van der Waals surface area contributed by atoms with Crippen molar-refractivity contribution in [2.45, 2.75) is 70.6 Å². The summed E-state index contributed by atoms with van der Waals surface area (Å²) in [6.45, 7) is 4.81. The van der Waals surface area contributed by atoms with E-state index in [2.05, 4.69) is 26.0 Å². The predicted octanol–water partition coefficient (Wildman–Crippen LogP) is 4.94. The number of primary amides is 1. The van der Waals surface area contributed by atoms with E-state index < -0.39 is 5.41 Å². The number of rotatable bonds is 2. The Bertz CT molecular complexity index is 889. The Hall–Kier alpha value is -1.90. The average Bonchev–Trinajstić information content (AvgIpc) is 3.04. The van der Waals surface area contributed by atoms with Crippen LogP contribution in [0.15, 0.2) is 42.0 Å². The van der Waals surface area contributed by atoms with Crippen molar-refractivity contribution in [1.29, 1.82) is 0 Å². The lowest BCUT2D eigenvalue weighted by molar-refractivity contribution is -0.131. The maximum Gasteiger partial charge on any atom is 0.228 e. The van der Waals surface area contributed by atoms with Crippen LogP contribution < -0.4 is 5.73 Å². The number of allylic oxidation sites excluding steroid dienone is 1. The van der Waals surface area contributed by atoms with E-state index in [1.165, 1.54) is 12.0 Å². The van der Waals surface area contributed by atoms with Crippen molar-refractivity contribution in [3.63, 3.8) is 0 Å². The Balaban J connectivity index is 1.63. The summed E-state index contributed by atoms with van der Waals surface area (Å²) in [5, 5.41) is 0. The van der Waals surface area contributed by atoms with Crippen molar-refractivity contribution in [3.8, 4) is 0 Å². The Kier molecular flexibility index (Phi) is 4.14. The first kappa shape index (κ1) is 19.1. The van der Waals surface area contributed by atoms with E-state index in [1.54, 1.807) is 0 Å². The third-order valence-electron chi connectivity index (χ3n) is 9.60. The molecule has 1 unspecified atom stereocenters. The van der Waals surface area contributed by atoms with Crippen LogP contribution in [0.3, 0.4) is 0 Å². The maximum absolute atomic E-state index is 13.2. The summed E-state index contributed by atoms with van der Waals surface area (Å²) in [6, 6.07) is 10.4. The monoisotopic (exact) mass is 391 g/mol. The molecule has 0 radical (unpaired) electrons. The van der Waals surface area contributed by atoms with E-state index >= 15 is 0 Å². The highest BCUT2D eigenvalue weighted by atomic mass is 16.1. The molecule has 0 bridgehead atoms. The van der Waals surface area contributed by atoms with Gasteiger partial charge in [0, 0.05) is 6.42 Å². The Labute approximate surface area is 174 Å². The second kappa shape index (κ2) is 6.30. The molecule has 1 aromatic carbocycles. The van der Waals surface area contributed by atoms with E-state index in [0.29, 0.717) is 30.0 Å². The Morgan fingerprint density at radius 2 is 1.76 bits per heavy atom. The molecule has 29 heavy (non-hydrogen) atoms. The lowest BCUT2D eigenvalue weighted by Crippen LogP contribution is -2.57. The minimum absolute atomic E-state index is 0.112. The Morgan fingerprint density at radius 1 is 1.00 bits per heavy atom. The first-order chi connectivity index (χ1) is 13.8. The minimum atomic E-state index is -0.554. The van der Waals surface area contributed by atoms with Gasteiger partial charge in [0.1, 0.15) is 0 Å². The van der Waals surface area contributed by atoms with Gasteiger partial charge < -0.3 is 5.73 Å². The van der Waals surface area contributed by atoms with Gasteiger partial charge >= 0.3 is 0 Å². The third-order valence-corrected chi connectivity index (χ3v) is 9.60. The molecular weight excluding hydrogens is 358 g/mol. The number of hydrogen-bond acceptors (Lipinski definition) is 2. The number of amides is 1. The number of benzene rings is 1. The smallest absolute Gasteiger partial charge is 0.228 e. The number of hydrogen-bond donors (Lipinski definition) is 1. The van der Waals surface area contributed by atoms with E-state index in [4.69, 9.17) is 5.73 Å². The standard InChI is InChI=1S/C26H33NO2/c1-24-12-11-21-20(9-8-18-16-19(28)10-13-25(18,21)2)22(24)26(15-14-24,23(27)29)17-6-4-3-5-7-17/h3-7,16,20-22H,8-15H2,1-2H3,(H2,27,29)/t20-,21+,22+,24-,25+,26?/m1/s1. The molecule has 1 aromatic rings.